The number of hydrogen-bond acceptors (Lipinski definition) is 0. The van der Waals surface area contributed by atoms with Gasteiger partial charge in [0.1, 0.15) is 0 Å². The Hall–Kier alpha value is 1.04. The lowest BCUT2D eigenvalue weighted by Gasteiger charge is -2.25. The van der Waals surface area contributed by atoms with Crippen LogP contribution >= 0.6 is 43.5 Å². The SMILES string of the molecule is CCCCCC[C@@H](Br)C[C@@](F)(Cl)C(F)(F)Br. The van der Waals surface area contributed by atoms with Crippen LogP contribution in [0.3, 0.4) is 0 Å². The Bertz CT molecular complexity index is 195. The molecule has 0 aliphatic rings. The van der Waals surface area contributed by atoms with E-state index >= 15 is 0 Å². The molecule has 0 radical (unpaired) electrons. The Labute approximate surface area is 117 Å². The van der Waals surface area contributed by atoms with E-state index in [4.69, 9.17) is 11.6 Å². The molecule has 2 atom stereocenters. The van der Waals surface area contributed by atoms with Crippen LogP contribution in [0.25, 0.3) is 0 Å². The molecule has 0 fully saturated rings. The van der Waals surface area contributed by atoms with E-state index in [1.807, 2.05) is 15.9 Å². The predicted molar refractivity (Wildman–Crippen MR) is 69.7 cm³/mol. The number of alkyl halides is 6. The average Bonchev–Trinajstić information content (AvgIpc) is 2.10. The third kappa shape index (κ3) is 6.70. The van der Waals surface area contributed by atoms with Crippen LogP contribution in [-0.2, 0) is 0 Å². The van der Waals surface area contributed by atoms with Gasteiger partial charge >= 0.3 is 4.83 Å². The fourth-order valence-electron chi connectivity index (χ4n) is 1.29. The normalized spacial score (nSPS) is 18.2. The van der Waals surface area contributed by atoms with Crippen molar-refractivity contribution in [3.05, 3.63) is 0 Å². The van der Waals surface area contributed by atoms with E-state index in [2.05, 4.69) is 22.9 Å². The highest BCUT2D eigenvalue weighted by Crippen LogP contribution is 2.45. The Morgan fingerprint density at radius 1 is 1.19 bits per heavy atom. The van der Waals surface area contributed by atoms with Gasteiger partial charge in [-0.3, -0.25) is 0 Å². The highest BCUT2D eigenvalue weighted by molar-refractivity contribution is 9.10. The van der Waals surface area contributed by atoms with E-state index in [1.54, 1.807) is 0 Å². The average molecular weight is 388 g/mol. The summed E-state index contributed by atoms with van der Waals surface area (Å²) in [6, 6.07) is 0. The zero-order chi connectivity index (χ0) is 12.8. The van der Waals surface area contributed by atoms with Gasteiger partial charge in [0.2, 0.25) is 0 Å². The summed E-state index contributed by atoms with van der Waals surface area (Å²) in [5.74, 6) is 0. The lowest BCUT2D eigenvalue weighted by atomic mass is 10.1. The summed E-state index contributed by atoms with van der Waals surface area (Å²) < 4.78 is 38.7. The Morgan fingerprint density at radius 2 is 1.75 bits per heavy atom. The minimum atomic E-state index is -3.70. The first kappa shape index (κ1) is 17.0. The van der Waals surface area contributed by atoms with E-state index in [0.717, 1.165) is 25.7 Å². The van der Waals surface area contributed by atoms with Gasteiger partial charge in [0.05, 0.1) is 0 Å². The van der Waals surface area contributed by atoms with Gasteiger partial charge in [0, 0.05) is 11.2 Å². The quantitative estimate of drug-likeness (QED) is 0.353. The molecule has 0 bridgehead atoms. The summed E-state index contributed by atoms with van der Waals surface area (Å²) in [5.41, 5.74) is 0. The Balaban J connectivity index is 3.90. The fraction of sp³-hybridized carbons (Fsp3) is 1.00. The molecule has 6 heteroatoms. The van der Waals surface area contributed by atoms with Crippen molar-refractivity contribution < 1.29 is 13.2 Å². The van der Waals surface area contributed by atoms with Crippen LogP contribution in [0.2, 0.25) is 0 Å². The van der Waals surface area contributed by atoms with Gasteiger partial charge in [-0.05, 0) is 22.4 Å². The van der Waals surface area contributed by atoms with Crippen molar-refractivity contribution in [2.75, 3.05) is 0 Å². The van der Waals surface area contributed by atoms with Gasteiger partial charge in [-0.15, -0.1) is 0 Å². The maximum atomic E-state index is 13.4. The smallest absolute Gasteiger partial charge is 0.218 e. The van der Waals surface area contributed by atoms with E-state index in [0.29, 0.717) is 6.42 Å². The molecule has 0 aromatic carbocycles. The largest absolute Gasteiger partial charge is 0.348 e. The van der Waals surface area contributed by atoms with E-state index in [9.17, 15) is 13.2 Å². The van der Waals surface area contributed by atoms with Crippen molar-refractivity contribution in [2.24, 2.45) is 0 Å². The van der Waals surface area contributed by atoms with Gasteiger partial charge in [0.15, 0.2) is 0 Å². The number of hydrogen-bond donors (Lipinski definition) is 0. The first-order valence-electron chi connectivity index (χ1n) is 5.29. The minimum Gasteiger partial charge on any atom is -0.218 e. The fourth-order valence-corrected chi connectivity index (χ4v) is 2.59. The Morgan fingerprint density at radius 3 is 2.19 bits per heavy atom. The third-order valence-corrected chi connectivity index (χ3v) is 4.29. The van der Waals surface area contributed by atoms with Crippen molar-refractivity contribution in [2.45, 2.75) is 60.2 Å². The highest BCUT2D eigenvalue weighted by Gasteiger charge is 2.52. The highest BCUT2D eigenvalue weighted by atomic mass is 79.9. The molecule has 0 aromatic rings. The van der Waals surface area contributed by atoms with Crippen LogP contribution in [-0.4, -0.2) is 14.8 Å². The second-order valence-corrected chi connectivity index (χ2v) is 6.74. The second-order valence-electron chi connectivity index (χ2n) is 3.85. The lowest BCUT2D eigenvalue weighted by molar-refractivity contribution is -0.00959. The zero-order valence-electron chi connectivity index (χ0n) is 9.09. The first-order valence-corrected chi connectivity index (χ1v) is 7.38. The van der Waals surface area contributed by atoms with Crippen molar-refractivity contribution in [3.8, 4) is 0 Å². The first-order chi connectivity index (χ1) is 7.20. The maximum Gasteiger partial charge on any atom is 0.348 e. The maximum absolute atomic E-state index is 13.4. The van der Waals surface area contributed by atoms with Crippen LogP contribution in [0.15, 0.2) is 0 Å². The van der Waals surface area contributed by atoms with Gasteiger partial charge in [0.25, 0.3) is 5.13 Å². The molecule has 0 spiro atoms. The van der Waals surface area contributed by atoms with E-state index < -0.39 is 16.4 Å². The molecule has 0 N–H and O–H groups in total. The zero-order valence-corrected chi connectivity index (χ0v) is 13.0. The van der Waals surface area contributed by atoms with E-state index in [-0.39, 0.29) is 4.83 Å². The van der Waals surface area contributed by atoms with Crippen molar-refractivity contribution in [1.29, 1.82) is 0 Å². The standard InChI is InChI=1S/C10H16Br2ClF3/c1-2-3-4-5-6-8(11)7-9(13,14)10(12,15)16/h8H,2-7H2,1H3/t8-,9+/m1/s1. The Kier molecular flexibility index (Phi) is 7.95. The van der Waals surface area contributed by atoms with Gasteiger partial charge in [-0.25, -0.2) is 4.39 Å². The van der Waals surface area contributed by atoms with Crippen molar-refractivity contribution in [3.63, 3.8) is 0 Å². The topological polar surface area (TPSA) is 0 Å². The molecule has 0 rings (SSSR count). The molecule has 98 valence electrons. The predicted octanol–water partition coefficient (Wildman–Crippen LogP) is 6.00. The summed E-state index contributed by atoms with van der Waals surface area (Å²) in [4.78, 5) is -4.02. The molecule has 0 unspecified atom stereocenters. The summed E-state index contributed by atoms with van der Waals surface area (Å²) in [6.07, 6.45) is 4.38. The second kappa shape index (κ2) is 7.47. The monoisotopic (exact) mass is 386 g/mol. The van der Waals surface area contributed by atoms with Crippen molar-refractivity contribution in [1.82, 2.24) is 0 Å². The molecule has 16 heavy (non-hydrogen) atoms. The summed E-state index contributed by atoms with van der Waals surface area (Å²) in [5, 5.41) is -3.04. The van der Waals surface area contributed by atoms with E-state index in [1.165, 1.54) is 0 Å². The molecule has 0 nitrogen and oxygen atoms in total. The number of halogens is 6. The number of rotatable bonds is 8. The van der Waals surface area contributed by atoms with Crippen molar-refractivity contribution >= 4 is 43.5 Å². The molecule has 0 saturated heterocycles. The summed E-state index contributed by atoms with van der Waals surface area (Å²) in [6.45, 7) is 2.09. The minimum absolute atomic E-state index is 0.324. The molecule has 0 aliphatic heterocycles. The van der Waals surface area contributed by atoms with Crippen LogP contribution in [0.1, 0.15) is 45.4 Å². The molecule has 0 amide bonds. The molecule has 0 heterocycles. The summed E-state index contributed by atoms with van der Waals surface area (Å²) >= 11 is 10.3. The van der Waals surface area contributed by atoms with Gasteiger partial charge in [-0.2, -0.15) is 8.78 Å². The van der Waals surface area contributed by atoms with Gasteiger partial charge in [-0.1, -0.05) is 60.1 Å². The van der Waals surface area contributed by atoms with Crippen LogP contribution in [0, 0.1) is 0 Å². The molecular weight excluding hydrogens is 372 g/mol. The third-order valence-electron chi connectivity index (χ3n) is 2.26. The molecule has 0 saturated carbocycles. The lowest BCUT2D eigenvalue weighted by Crippen LogP contribution is -2.36. The van der Waals surface area contributed by atoms with Crippen LogP contribution in [0.5, 0.6) is 0 Å². The summed E-state index contributed by atoms with van der Waals surface area (Å²) in [7, 11) is 0. The van der Waals surface area contributed by atoms with Crippen LogP contribution in [0.4, 0.5) is 13.2 Å². The molecular formula is C10H16Br2ClF3. The number of unbranched alkanes of at least 4 members (excludes halogenated alkanes) is 3. The molecule has 0 aromatic heterocycles. The van der Waals surface area contributed by atoms with Crippen LogP contribution < -0.4 is 0 Å². The molecule has 0 aliphatic carbocycles. The van der Waals surface area contributed by atoms with Gasteiger partial charge < -0.3 is 0 Å².